The van der Waals surface area contributed by atoms with Crippen molar-refractivity contribution in [3.63, 3.8) is 0 Å². The summed E-state index contributed by atoms with van der Waals surface area (Å²) in [6.45, 7) is 1.25. The number of halogens is 1. The maximum atomic E-state index is 12.2. The molecule has 0 spiro atoms. The number of nitrogens with one attached hydrogen (secondary N) is 3. The van der Waals surface area contributed by atoms with Gasteiger partial charge in [-0.05, 0) is 30.3 Å². The number of hydrogen-bond donors (Lipinski definition) is 3. The first-order valence-electron chi connectivity index (χ1n) is 7.79. The molecule has 0 atom stereocenters. The molecule has 2 aromatic rings. The molecule has 2 aromatic carbocycles. The number of amides is 4. The standard InChI is InChI=1S/C18H19ClN4O3/c1-12(24)20-13-6-5-7-14(10-13)21-17(25)11-23(2)18(26)22-16-9-4-3-8-15(16)19/h3-10H,11H2,1-2H3,(H,20,24)(H,21,25)(H,22,26). The maximum Gasteiger partial charge on any atom is 0.322 e. The molecular formula is C18H19ClN4O3. The lowest BCUT2D eigenvalue weighted by Gasteiger charge is -2.18. The fraction of sp³-hybridized carbons (Fsp3) is 0.167. The molecule has 0 aliphatic rings. The quantitative estimate of drug-likeness (QED) is 0.749. The number of carbonyl (C=O) groups excluding carboxylic acids is 3. The van der Waals surface area contributed by atoms with Gasteiger partial charge < -0.3 is 20.9 Å². The molecule has 0 heterocycles. The SMILES string of the molecule is CC(=O)Nc1cccc(NC(=O)CN(C)C(=O)Nc2ccccc2Cl)c1. The third kappa shape index (κ3) is 5.78. The fourth-order valence-corrected chi connectivity index (χ4v) is 2.32. The first kappa shape index (κ1) is 19.3. The van der Waals surface area contributed by atoms with Crippen molar-refractivity contribution < 1.29 is 14.4 Å². The Bertz CT molecular complexity index is 826. The second-order valence-corrected chi connectivity index (χ2v) is 5.98. The van der Waals surface area contributed by atoms with E-state index in [1.165, 1.54) is 18.9 Å². The Labute approximate surface area is 156 Å². The van der Waals surface area contributed by atoms with E-state index in [0.717, 1.165) is 0 Å². The van der Waals surface area contributed by atoms with E-state index in [9.17, 15) is 14.4 Å². The van der Waals surface area contributed by atoms with Crippen LogP contribution >= 0.6 is 11.6 Å². The van der Waals surface area contributed by atoms with Crippen molar-refractivity contribution in [1.29, 1.82) is 0 Å². The van der Waals surface area contributed by atoms with Gasteiger partial charge in [0.15, 0.2) is 0 Å². The van der Waals surface area contributed by atoms with Crippen molar-refractivity contribution >= 4 is 46.5 Å². The highest BCUT2D eigenvalue weighted by molar-refractivity contribution is 6.33. The van der Waals surface area contributed by atoms with E-state index in [1.807, 2.05) is 0 Å². The Kier molecular flexibility index (Phi) is 6.57. The Morgan fingerprint density at radius 2 is 1.62 bits per heavy atom. The van der Waals surface area contributed by atoms with Gasteiger partial charge >= 0.3 is 6.03 Å². The summed E-state index contributed by atoms with van der Waals surface area (Å²) in [5.74, 6) is -0.578. The zero-order chi connectivity index (χ0) is 19.1. The first-order chi connectivity index (χ1) is 12.3. The van der Waals surface area contributed by atoms with E-state index in [-0.39, 0.29) is 18.4 Å². The van der Waals surface area contributed by atoms with Crippen molar-refractivity contribution in [3.05, 3.63) is 53.6 Å². The van der Waals surface area contributed by atoms with Gasteiger partial charge in [-0.2, -0.15) is 0 Å². The normalized spacial score (nSPS) is 9.96. The number of likely N-dealkylation sites (N-methyl/N-ethyl adjacent to an activating group) is 1. The highest BCUT2D eigenvalue weighted by Gasteiger charge is 2.14. The second kappa shape index (κ2) is 8.87. The van der Waals surface area contributed by atoms with Gasteiger partial charge in [0.1, 0.15) is 6.54 Å². The molecule has 0 bridgehead atoms. The molecule has 0 aromatic heterocycles. The predicted octanol–water partition coefficient (Wildman–Crippen LogP) is 3.40. The summed E-state index contributed by atoms with van der Waals surface area (Å²) >= 11 is 5.99. The van der Waals surface area contributed by atoms with Gasteiger partial charge in [-0.25, -0.2) is 4.79 Å². The van der Waals surface area contributed by atoms with Crippen molar-refractivity contribution in [2.24, 2.45) is 0 Å². The summed E-state index contributed by atoms with van der Waals surface area (Å²) in [6.07, 6.45) is 0. The number of carbonyl (C=O) groups is 3. The van der Waals surface area contributed by atoms with Crippen LogP contribution in [0.5, 0.6) is 0 Å². The summed E-state index contributed by atoms with van der Waals surface area (Å²) in [7, 11) is 1.50. The molecule has 0 radical (unpaired) electrons. The highest BCUT2D eigenvalue weighted by Crippen LogP contribution is 2.20. The highest BCUT2D eigenvalue weighted by atomic mass is 35.5. The van der Waals surface area contributed by atoms with Crippen LogP contribution in [0.2, 0.25) is 5.02 Å². The van der Waals surface area contributed by atoms with Gasteiger partial charge in [0.25, 0.3) is 0 Å². The summed E-state index contributed by atoms with van der Waals surface area (Å²) < 4.78 is 0. The summed E-state index contributed by atoms with van der Waals surface area (Å²) in [4.78, 5) is 36.6. The summed E-state index contributed by atoms with van der Waals surface area (Å²) in [6, 6.07) is 13.1. The van der Waals surface area contributed by atoms with Crippen LogP contribution in [0.4, 0.5) is 21.9 Å². The van der Waals surface area contributed by atoms with E-state index in [4.69, 9.17) is 11.6 Å². The third-order valence-electron chi connectivity index (χ3n) is 3.31. The van der Waals surface area contributed by atoms with Crippen molar-refractivity contribution in [1.82, 2.24) is 4.90 Å². The van der Waals surface area contributed by atoms with E-state index >= 15 is 0 Å². The lowest BCUT2D eigenvalue weighted by atomic mass is 10.2. The Balaban J connectivity index is 1.91. The van der Waals surface area contributed by atoms with Gasteiger partial charge in [0.05, 0.1) is 10.7 Å². The zero-order valence-corrected chi connectivity index (χ0v) is 15.1. The van der Waals surface area contributed by atoms with Crippen LogP contribution in [0, 0.1) is 0 Å². The minimum atomic E-state index is -0.458. The molecule has 136 valence electrons. The predicted molar refractivity (Wildman–Crippen MR) is 102 cm³/mol. The molecular weight excluding hydrogens is 356 g/mol. The minimum absolute atomic E-state index is 0.152. The average molecular weight is 375 g/mol. The number of nitrogens with zero attached hydrogens (tertiary/aromatic N) is 1. The van der Waals surface area contributed by atoms with Gasteiger partial charge in [-0.15, -0.1) is 0 Å². The van der Waals surface area contributed by atoms with E-state index < -0.39 is 6.03 Å². The van der Waals surface area contributed by atoms with Crippen LogP contribution in [-0.4, -0.2) is 36.3 Å². The van der Waals surface area contributed by atoms with Crippen molar-refractivity contribution in [2.75, 3.05) is 29.5 Å². The van der Waals surface area contributed by atoms with Crippen LogP contribution in [-0.2, 0) is 9.59 Å². The molecule has 4 amide bonds. The number of para-hydroxylation sites is 1. The van der Waals surface area contributed by atoms with Crippen LogP contribution in [0.3, 0.4) is 0 Å². The van der Waals surface area contributed by atoms with Crippen LogP contribution in [0.1, 0.15) is 6.92 Å². The van der Waals surface area contributed by atoms with E-state index in [0.29, 0.717) is 22.1 Å². The topological polar surface area (TPSA) is 90.5 Å². The average Bonchev–Trinajstić information content (AvgIpc) is 2.56. The Hall–Kier alpha value is -3.06. The van der Waals surface area contributed by atoms with Crippen molar-refractivity contribution in [3.8, 4) is 0 Å². The van der Waals surface area contributed by atoms with E-state index in [2.05, 4.69) is 16.0 Å². The second-order valence-electron chi connectivity index (χ2n) is 5.58. The number of hydrogen-bond acceptors (Lipinski definition) is 3. The first-order valence-corrected chi connectivity index (χ1v) is 8.17. The monoisotopic (exact) mass is 374 g/mol. The molecule has 0 saturated carbocycles. The summed E-state index contributed by atoms with van der Waals surface area (Å²) in [5.41, 5.74) is 1.55. The van der Waals surface area contributed by atoms with Gasteiger partial charge in [-0.3, -0.25) is 9.59 Å². The smallest absolute Gasteiger partial charge is 0.322 e. The molecule has 3 N–H and O–H groups in total. The van der Waals surface area contributed by atoms with Gasteiger partial charge in [-0.1, -0.05) is 29.8 Å². The number of rotatable bonds is 5. The van der Waals surface area contributed by atoms with E-state index in [1.54, 1.807) is 48.5 Å². The third-order valence-corrected chi connectivity index (χ3v) is 3.64. The maximum absolute atomic E-state index is 12.2. The van der Waals surface area contributed by atoms with Crippen LogP contribution in [0.15, 0.2) is 48.5 Å². The molecule has 0 aliphatic heterocycles. The van der Waals surface area contributed by atoms with Crippen LogP contribution < -0.4 is 16.0 Å². The van der Waals surface area contributed by atoms with Gasteiger partial charge in [0.2, 0.25) is 11.8 Å². The molecule has 0 unspecified atom stereocenters. The largest absolute Gasteiger partial charge is 0.326 e. The number of urea groups is 1. The molecule has 7 nitrogen and oxygen atoms in total. The molecule has 0 saturated heterocycles. The lowest BCUT2D eigenvalue weighted by molar-refractivity contribution is -0.116. The number of benzene rings is 2. The molecule has 0 fully saturated rings. The van der Waals surface area contributed by atoms with Gasteiger partial charge in [0, 0.05) is 25.3 Å². The zero-order valence-electron chi connectivity index (χ0n) is 14.4. The Morgan fingerprint density at radius 3 is 2.27 bits per heavy atom. The van der Waals surface area contributed by atoms with Crippen LogP contribution in [0.25, 0.3) is 0 Å². The molecule has 0 aliphatic carbocycles. The molecule has 8 heteroatoms. The number of anilines is 3. The van der Waals surface area contributed by atoms with Crippen molar-refractivity contribution in [2.45, 2.75) is 6.92 Å². The molecule has 26 heavy (non-hydrogen) atoms. The summed E-state index contributed by atoms with van der Waals surface area (Å²) in [5, 5.41) is 8.36. The minimum Gasteiger partial charge on any atom is -0.326 e. The fourth-order valence-electron chi connectivity index (χ4n) is 2.14. The molecule has 2 rings (SSSR count). The Morgan fingerprint density at radius 1 is 0.962 bits per heavy atom. The lowest BCUT2D eigenvalue weighted by Crippen LogP contribution is -2.37.